The van der Waals surface area contributed by atoms with Gasteiger partial charge in [-0.3, -0.25) is 0 Å². The zero-order valence-electron chi connectivity index (χ0n) is 10.7. The maximum atomic E-state index is 13.5. The van der Waals surface area contributed by atoms with Gasteiger partial charge in [-0.2, -0.15) is 4.98 Å². The first kappa shape index (κ1) is 15.1. The molecule has 1 aromatic heterocycles. The van der Waals surface area contributed by atoms with Gasteiger partial charge in [0, 0.05) is 12.0 Å². The van der Waals surface area contributed by atoms with Crippen molar-refractivity contribution in [2.75, 3.05) is 6.54 Å². The lowest BCUT2D eigenvalue weighted by Gasteiger charge is -2.01. The first-order chi connectivity index (χ1) is 9.63. The molecule has 0 amide bonds. The minimum Gasteiger partial charge on any atom is -0.339 e. The smallest absolute Gasteiger partial charge is 0.226 e. The molecule has 0 atom stereocenters. The molecule has 7 heteroatoms. The highest BCUT2D eigenvalue weighted by Crippen LogP contribution is 2.30. The Morgan fingerprint density at radius 2 is 2.00 bits per heavy atom. The lowest BCUT2D eigenvalue weighted by molar-refractivity contribution is 0.374. The molecule has 0 aliphatic rings. The van der Waals surface area contributed by atoms with E-state index in [0.717, 1.165) is 25.3 Å². The fraction of sp³-hybridized carbons (Fsp3) is 0.385. The van der Waals surface area contributed by atoms with Crippen LogP contribution in [0.4, 0.5) is 8.78 Å². The Kier molecular flexibility index (Phi) is 5.19. The Balaban J connectivity index is 2.11. The molecule has 1 heterocycles. The number of hydrogen-bond acceptors (Lipinski definition) is 4. The molecule has 2 N–H and O–H groups in total. The largest absolute Gasteiger partial charge is 0.339 e. The van der Waals surface area contributed by atoms with Crippen LogP contribution in [0.5, 0.6) is 0 Å². The van der Waals surface area contributed by atoms with Gasteiger partial charge < -0.3 is 10.3 Å². The van der Waals surface area contributed by atoms with Crippen molar-refractivity contribution in [1.29, 1.82) is 0 Å². The molecule has 1 aromatic carbocycles. The molecule has 0 radical (unpaired) electrons. The van der Waals surface area contributed by atoms with Crippen LogP contribution in [0.1, 0.15) is 25.2 Å². The second-order valence-electron chi connectivity index (χ2n) is 4.33. The van der Waals surface area contributed by atoms with Gasteiger partial charge in [-0.05, 0) is 47.4 Å². The standard InChI is InChI=1S/C13H14BrF2N3O/c14-11-8(5-6-9(15)12(11)16)13-18-10(20-19-13)4-2-1-3-7-17/h5-6H,1-4,7,17H2. The monoisotopic (exact) mass is 345 g/mol. The summed E-state index contributed by atoms with van der Waals surface area (Å²) < 4.78 is 31.6. The van der Waals surface area contributed by atoms with Crippen LogP contribution in [0.3, 0.4) is 0 Å². The van der Waals surface area contributed by atoms with Crippen molar-refractivity contribution in [2.45, 2.75) is 25.7 Å². The van der Waals surface area contributed by atoms with Gasteiger partial charge in [0.1, 0.15) is 0 Å². The van der Waals surface area contributed by atoms with Crippen LogP contribution in [0.25, 0.3) is 11.4 Å². The SMILES string of the molecule is NCCCCCc1nc(-c2ccc(F)c(F)c2Br)no1. The van der Waals surface area contributed by atoms with Crippen LogP contribution in [0.2, 0.25) is 0 Å². The van der Waals surface area contributed by atoms with E-state index >= 15 is 0 Å². The number of aromatic nitrogens is 2. The topological polar surface area (TPSA) is 64.9 Å². The number of benzene rings is 1. The van der Waals surface area contributed by atoms with Crippen LogP contribution in [-0.4, -0.2) is 16.7 Å². The highest BCUT2D eigenvalue weighted by atomic mass is 79.9. The lowest BCUT2D eigenvalue weighted by Crippen LogP contribution is -1.98. The lowest BCUT2D eigenvalue weighted by atomic mass is 10.2. The van der Waals surface area contributed by atoms with Crippen molar-refractivity contribution >= 4 is 15.9 Å². The third-order valence-electron chi connectivity index (χ3n) is 2.84. The van der Waals surface area contributed by atoms with Crippen molar-refractivity contribution in [1.82, 2.24) is 10.1 Å². The number of hydrogen-bond donors (Lipinski definition) is 1. The third kappa shape index (κ3) is 3.40. The van der Waals surface area contributed by atoms with Crippen molar-refractivity contribution in [3.8, 4) is 11.4 Å². The molecule has 0 bridgehead atoms. The van der Waals surface area contributed by atoms with E-state index in [1.807, 2.05) is 0 Å². The van der Waals surface area contributed by atoms with Crippen molar-refractivity contribution in [3.05, 3.63) is 34.1 Å². The highest BCUT2D eigenvalue weighted by Gasteiger charge is 2.16. The molecule has 20 heavy (non-hydrogen) atoms. The summed E-state index contributed by atoms with van der Waals surface area (Å²) in [7, 11) is 0. The van der Waals surface area contributed by atoms with Crippen LogP contribution < -0.4 is 5.73 Å². The molecule has 0 saturated heterocycles. The molecule has 0 aliphatic heterocycles. The predicted molar refractivity (Wildman–Crippen MR) is 74.0 cm³/mol. The van der Waals surface area contributed by atoms with Crippen molar-refractivity contribution in [2.24, 2.45) is 5.73 Å². The number of aryl methyl sites for hydroxylation is 1. The quantitative estimate of drug-likeness (QED) is 0.643. The molecule has 0 saturated carbocycles. The first-order valence-electron chi connectivity index (χ1n) is 6.30. The molecule has 2 rings (SSSR count). The summed E-state index contributed by atoms with van der Waals surface area (Å²) in [6.45, 7) is 0.664. The molecule has 0 fully saturated rings. The summed E-state index contributed by atoms with van der Waals surface area (Å²) in [6.07, 6.45) is 3.49. The van der Waals surface area contributed by atoms with Crippen molar-refractivity contribution < 1.29 is 13.3 Å². The summed E-state index contributed by atoms with van der Waals surface area (Å²) in [5, 5.41) is 3.79. The minimum atomic E-state index is -0.961. The van der Waals surface area contributed by atoms with E-state index in [1.54, 1.807) is 0 Å². The maximum Gasteiger partial charge on any atom is 0.226 e. The van der Waals surface area contributed by atoms with Gasteiger partial charge in [0.05, 0.1) is 4.47 Å². The molecule has 2 aromatic rings. The number of rotatable bonds is 6. The molecule has 0 unspecified atom stereocenters. The van der Waals surface area contributed by atoms with Crippen LogP contribution in [-0.2, 0) is 6.42 Å². The number of nitrogens with two attached hydrogens (primary N) is 1. The highest BCUT2D eigenvalue weighted by molar-refractivity contribution is 9.10. The minimum absolute atomic E-state index is 0.00650. The van der Waals surface area contributed by atoms with Crippen LogP contribution in [0.15, 0.2) is 21.1 Å². The zero-order valence-corrected chi connectivity index (χ0v) is 12.3. The Hall–Kier alpha value is -1.34. The maximum absolute atomic E-state index is 13.5. The van der Waals surface area contributed by atoms with Gasteiger partial charge in [-0.15, -0.1) is 0 Å². The molecular weight excluding hydrogens is 332 g/mol. The van der Waals surface area contributed by atoms with E-state index < -0.39 is 11.6 Å². The van der Waals surface area contributed by atoms with Gasteiger partial charge >= 0.3 is 0 Å². The Bertz CT molecular complexity index is 589. The van der Waals surface area contributed by atoms with E-state index in [4.69, 9.17) is 10.3 Å². The van der Waals surface area contributed by atoms with Crippen molar-refractivity contribution in [3.63, 3.8) is 0 Å². The average Bonchev–Trinajstić information content (AvgIpc) is 2.90. The molecule has 0 spiro atoms. The van der Waals surface area contributed by atoms with Gasteiger partial charge in [-0.1, -0.05) is 11.6 Å². The van der Waals surface area contributed by atoms with Gasteiger partial charge in [0.2, 0.25) is 11.7 Å². The summed E-state index contributed by atoms with van der Waals surface area (Å²) in [5.41, 5.74) is 5.77. The summed E-state index contributed by atoms with van der Waals surface area (Å²) in [4.78, 5) is 4.18. The normalized spacial score (nSPS) is 11.0. The van der Waals surface area contributed by atoms with Gasteiger partial charge in [0.25, 0.3) is 0 Å². The molecular formula is C13H14BrF2N3O. The molecule has 108 valence electrons. The van der Waals surface area contributed by atoms with E-state index in [2.05, 4.69) is 26.1 Å². The molecule has 4 nitrogen and oxygen atoms in total. The van der Waals surface area contributed by atoms with E-state index in [0.29, 0.717) is 24.4 Å². The van der Waals surface area contributed by atoms with E-state index in [1.165, 1.54) is 6.07 Å². The van der Waals surface area contributed by atoms with E-state index in [9.17, 15) is 8.78 Å². The van der Waals surface area contributed by atoms with E-state index in [-0.39, 0.29) is 10.3 Å². The predicted octanol–water partition coefficient (Wildman–Crippen LogP) is 3.45. The Morgan fingerprint density at radius 3 is 2.75 bits per heavy atom. The number of nitrogens with zero attached hydrogens (tertiary/aromatic N) is 2. The Labute approximate surface area is 123 Å². The van der Waals surface area contributed by atoms with Gasteiger partial charge in [-0.25, -0.2) is 8.78 Å². The summed E-state index contributed by atoms with van der Waals surface area (Å²) >= 11 is 3.00. The Morgan fingerprint density at radius 1 is 1.20 bits per heavy atom. The fourth-order valence-corrected chi connectivity index (χ4v) is 2.26. The average molecular weight is 346 g/mol. The van der Waals surface area contributed by atoms with Crippen LogP contribution in [0, 0.1) is 11.6 Å². The zero-order chi connectivity index (χ0) is 14.5. The summed E-state index contributed by atoms with van der Waals surface area (Å²) in [5.74, 6) is -1.17. The third-order valence-corrected chi connectivity index (χ3v) is 3.61. The molecule has 0 aliphatic carbocycles. The number of unbranched alkanes of at least 4 members (excludes halogenated alkanes) is 2. The van der Waals surface area contributed by atoms with Gasteiger partial charge in [0.15, 0.2) is 11.6 Å². The number of halogens is 3. The summed E-state index contributed by atoms with van der Waals surface area (Å²) in [6, 6.07) is 2.44. The van der Waals surface area contributed by atoms with Crippen LogP contribution >= 0.6 is 15.9 Å². The second kappa shape index (κ2) is 6.90. The fourth-order valence-electron chi connectivity index (χ4n) is 1.76. The first-order valence-corrected chi connectivity index (χ1v) is 7.09. The second-order valence-corrected chi connectivity index (χ2v) is 5.13.